The Labute approximate surface area is 190 Å². The number of carbonyl (C=O) groups excluding carboxylic acids is 1. The minimum absolute atomic E-state index is 0. The first-order valence-electron chi connectivity index (χ1n) is 9.52. The zero-order valence-electron chi connectivity index (χ0n) is 14.9. The molecule has 0 heterocycles. The van der Waals surface area contributed by atoms with Gasteiger partial charge in [-0.1, -0.05) is 96.8 Å². The summed E-state index contributed by atoms with van der Waals surface area (Å²) in [5.74, 6) is -0.732. The van der Waals surface area contributed by atoms with Gasteiger partial charge in [-0.05, 0) is 6.42 Å². The molecular weight excluding hydrogens is 333 g/mol. The Morgan fingerprint density at radius 2 is 1.08 bits per heavy atom. The van der Waals surface area contributed by atoms with E-state index in [-0.39, 0.29) is 57.8 Å². The van der Waals surface area contributed by atoms with Crippen LogP contribution < -0.4 is 0 Å². The van der Waals surface area contributed by atoms with Gasteiger partial charge in [-0.25, -0.2) is 4.84 Å². The molecule has 0 spiro atoms. The van der Waals surface area contributed by atoms with E-state index in [0.717, 1.165) is 12.8 Å². The van der Waals surface area contributed by atoms with Gasteiger partial charge in [0.2, 0.25) is 0 Å². The average Bonchev–Trinajstić information content (AvgIpc) is 2.50. The van der Waals surface area contributed by atoms with Crippen LogP contribution in [0.2, 0.25) is 0 Å². The molecule has 0 aromatic carbocycles. The quantitative estimate of drug-likeness (QED) is 0.150. The van der Waals surface area contributed by atoms with Crippen LogP contribution in [0.15, 0.2) is 0 Å². The fourth-order valence-corrected chi connectivity index (χ4v) is 2.77. The van der Waals surface area contributed by atoms with Gasteiger partial charge < -0.3 is 0 Å². The zero-order valence-corrected chi connectivity index (χ0v) is 14.9. The fourth-order valence-electron chi connectivity index (χ4n) is 2.77. The fraction of sp³-hybridized carbons (Fsp3) is 0.944. The van der Waals surface area contributed by atoms with Crippen LogP contribution in [-0.4, -0.2) is 62.4 Å². The van der Waals surface area contributed by atoms with E-state index in [2.05, 4.69) is 11.8 Å². The van der Waals surface area contributed by atoms with Crippen molar-refractivity contribution in [2.24, 2.45) is 0 Å². The molecule has 0 aromatic rings. The molecule has 6 heteroatoms. The Morgan fingerprint density at radius 3 is 1.42 bits per heavy atom. The summed E-state index contributed by atoms with van der Waals surface area (Å²) in [6.07, 6.45) is 19.0. The van der Waals surface area contributed by atoms with Gasteiger partial charge in [0.05, 0.1) is 0 Å². The van der Waals surface area contributed by atoms with Crippen molar-refractivity contribution >= 4 is 57.4 Å². The van der Waals surface area contributed by atoms with Crippen LogP contribution >= 0.6 is 0 Å². The van der Waals surface area contributed by atoms with E-state index in [0.29, 0.717) is 6.42 Å². The average molecular weight is 370 g/mol. The van der Waals surface area contributed by atoms with Gasteiger partial charge in [-0.15, -0.1) is 10.1 Å². The summed E-state index contributed by atoms with van der Waals surface area (Å²) < 4.78 is 0. The van der Waals surface area contributed by atoms with Crippen LogP contribution in [-0.2, 0) is 9.63 Å². The first kappa shape index (κ1) is 26.7. The first-order chi connectivity index (χ1) is 11.2. The molecule has 0 aliphatic rings. The molecule has 138 valence electrons. The van der Waals surface area contributed by atoms with Gasteiger partial charge in [0.1, 0.15) is 0 Å². The summed E-state index contributed by atoms with van der Waals surface area (Å²) in [4.78, 5) is 24.7. The first-order valence-corrected chi connectivity index (χ1v) is 9.52. The van der Waals surface area contributed by atoms with Crippen LogP contribution in [0.1, 0.15) is 110 Å². The summed E-state index contributed by atoms with van der Waals surface area (Å²) in [6, 6.07) is 0. The Morgan fingerprint density at radius 1 is 0.750 bits per heavy atom. The predicted octanol–water partition coefficient (Wildman–Crippen LogP) is 5.33. The molecule has 0 saturated carbocycles. The van der Waals surface area contributed by atoms with Crippen molar-refractivity contribution in [1.82, 2.24) is 0 Å². The molecular formula is C18H36KNO4. The second-order valence-electron chi connectivity index (χ2n) is 6.39. The molecule has 0 aliphatic carbocycles. The van der Waals surface area contributed by atoms with Crippen molar-refractivity contribution in [2.45, 2.75) is 110 Å². The normalized spacial score (nSPS) is 10.2. The van der Waals surface area contributed by atoms with Gasteiger partial charge >= 0.3 is 62.4 Å². The van der Waals surface area contributed by atoms with Gasteiger partial charge in [-0.3, -0.25) is 4.79 Å². The summed E-state index contributed by atoms with van der Waals surface area (Å²) >= 11 is 0. The van der Waals surface area contributed by atoms with Crippen LogP contribution in [0.3, 0.4) is 0 Å². The third-order valence-corrected chi connectivity index (χ3v) is 4.16. The number of hydrogen-bond donors (Lipinski definition) is 0. The molecule has 24 heavy (non-hydrogen) atoms. The van der Waals surface area contributed by atoms with Crippen LogP contribution in [0.5, 0.6) is 0 Å². The Kier molecular flexibility index (Phi) is 24.0. The summed E-state index contributed by atoms with van der Waals surface area (Å²) in [7, 11) is 0. The Bertz CT molecular complexity index is 301. The molecule has 0 fully saturated rings. The summed E-state index contributed by atoms with van der Waals surface area (Å²) in [5.41, 5.74) is 0. The molecule has 0 unspecified atom stereocenters. The summed E-state index contributed by atoms with van der Waals surface area (Å²) in [6.45, 7) is 2.25. The number of nitrogens with zero attached hydrogens (tertiary/aromatic N) is 1. The maximum atomic E-state index is 10.9. The van der Waals surface area contributed by atoms with Gasteiger partial charge in [0.15, 0.2) is 0 Å². The zero-order chi connectivity index (χ0) is 17.2. The van der Waals surface area contributed by atoms with Gasteiger partial charge in [-0.2, -0.15) is 0 Å². The van der Waals surface area contributed by atoms with Gasteiger partial charge in [0.25, 0.3) is 0 Å². The summed E-state index contributed by atoms with van der Waals surface area (Å²) in [5, 5.41) is 8.90. The Hall–Kier alpha value is 0.506. The predicted molar refractivity (Wildman–Crippen MR) is 99.8 cm³/mol. The third-order valence-electron chi connectivity index (χ3n) is 4.16. The molecule has 0 rings (SSSR count). The van der Waals surface area contributed by atoms with E-state index in [1.54, 1.807) is 0 Å². The number of carbonyl (C=O) groups is 1. The molecule has 0 aromatic heterocycles. The number of hydrogen-bond acceptors (Lipinski definition) is 4. The number of unbranched alkanes of at least 4 members (excludes halogenated alkanes) is 14. The van der Waals surface area contributed by atoms with Crippen molar-refractivity contribution in [3.63, 3.8) is 0 Å². The van der Waals surface area contributed by atoms with Crippen molar-refractivity contribution in [1.29, 1.82) is 0 Å². The monoisotopic (exact) mass is 369 g/mol. The molecule has 0 aliphatic heterocycles. The van der Waals surface area contributed by atoms with Gasteiger partial charge in [0, 0.05) is 6.42 Å². The van der Waals surface area contributed by atoms with Crippen molar-refractivity contribution in [2.75, 3.05) is 0 Å². The number of rotatable bonds is 17. The maximum absolute atomic E-state index is 10.9. The minimum atomic E-state index is -1.03. The molecule has 0 atom stereocenters. The standard InChI is InChI=1S/C18H35NO4.K.H/c1-2-3-4-5-6-7-8-9-10-11-12-13-14-15-16-17-18(20)23-19(21)22;;/h2-17H2,1H3;;. The molecule has 0 radical (unpaired) electrons. The van der Waals surface area contributed by atoms with Crippen LogP contribution in [0.4, 0.5) is 0 Å². The topological polar surface area (TPSA) is 69.4 Å². The van der Waals surface area contributed by atoms with Crippen LogP contribution in [0, 0.1) is 10.1 Å². The van der Waals surface area contributed by atoms with Crippen LogP contribution in [0.25, 0.3) is 0 Å². The van der Waals surface area contributed by atoms with E-state index < -0.39 is 11.1 Å². The molecule has 0 N–H and O–H groups in total. The van der Waals surface area contributed by atoms with Crippen molar-refractivity contribution < 1.29 is 14.7 Å². The van der Waals surface area contributed by atoms with E-state index in [9.17, 15) is 14.9 Å². The molecule has 0 saturated heterocycles. The Balaban J connectivity index is 0. The van der Waals surface area contributed by atoms with E-state index in [1.807, 2.05) is 0 Å². The van der Waals surface area contributed by atoms with Crippen molar-refractivity contribution in [3.8, 4) is 0 Å². The van der Waals surface area contributed by atoms with E-state index in [1.165, 1.54) is 77.0 Å². The molecule has 5 nitrogen and oxygen atoms in total. The second kappa shape index (κ2) is 21.5. The SMILES string of the molecule is CCCCCCCCCCCCCCCCCC(=O)O[N+](=O)[O-].[KH]. The van der Waals surface area contributed by atoms with Crippen molar-refractivity contribution in [3.05, 3.63) is 10.1 Å². The van der Waals surface area contributed by atoms with E-state index >= 15 is 0 Å². The molecule has 0 amide bonds. The third kappa shape index (κ3) is 22.5. The second-order valence-corrected chi connectivity index (χ2v) is 6.39. The molecule has 0 bridgehead atoms. The van der Waals surface area contributed by atoms with E-state index in [4.69, 9.17) is 0 Å².